The van der Waals surface area contributed by atoms with Crippen LogP contribution in [0, 0.1) is 0 Å². The Morgan fingerprint density at radius 2 is 2.10 bits per heavy atom. The fraction of sp³-hybridized carbons (Fsp3) is 0.938. The molecular formula is C16H31N3O2. The molecule has 2 rings (SSSR count). The standard InChI is InChI=1S/C16H31N3O2/c1-5-18(6-2)14-8-10-19(12-14)13-7-9-16(11-13,17-3)15(20)21-4/h13-14,17H,5-12H2,1-4H3. The Bertz CT molecular complexity index is 359. The van der Waals surface area contributed by atoms with Crippen molar-refractivity contribution in [1.82, 2.24) is 15.1 Å². The van der Waals surface area contributed by atoms with Gasteiger partial charge in [0.25, 0.3) is 0 Å². The molecule has 5 nitrogen and oxygen atoms in total. The average Bonchev–Trinajstić information content (AvgIpc) is 3.15. The first-order valence-corrected chi connectivity index (χ1v) is 8.35. The third-order valence-corrected chi connectivity index (χ3v) is 5.58. The number of likely N-dealkylation sites (N-methyl/N-ethyl adjacent to an activating group) is 2. The quantitative estimate of drug-likeness (QED) is 0.744. The van der Waals surface area contributed by atoms with Crippen molar-refractivity contribution in [2.75, 3.05) is 40.3 Å². The van der Waals surface area contributed by atoms with E-state index in [4.69, 9.17) is 4.74 Å². The van der Waals surface area contributed by atoms with Gasteiger partial charge in [-0.15, -0.1) is 0 Å². The van der Waals surface area contributed by atoms with Crippen LogP contribution < -0.4 is 5.32 Å². The van der Waals surface area contributed by atoms with Gasteiger partial charge in [-0.25, -0.2) is 0 Å². The first-order valence-electron chi connectivity index (χ1n) is 8.35. The van der Waals surface area contributed by atoms with Gasteiger partial charge in [-0.2, -0.15) is 0 Å². The van der Waals surface area contributed by atoms with Crippen molar-refractivity contribution >= 4 is 5.97 Å². The maximum Gasteiger partial charge on any atom is 0.326 e. The van der Waals surface area contributed by atoms with Crippen LogP contribution in [-0.2, 0) is 9.53 Å². The van der Waals surface area contributed by atoms with Gasteiger partial charge in [-0.05, 0) is 45.8 Å². The summed E-state index contributed by atoms with van der Waals surface area (Å²) in [5.41, 5.74) is -0.466. The van der Waals surface area contributed by atoms with Crippen molar-refractivity contribution in [3.63, 3.8) is 0 Å². The zero-order chi connectivity index (χ0) is 15.5. The molecule has 5 heteroatoms. The third kappa shape index (κ3) is 3.25. The molecule has 0 radical (unpaired) electrons. The van der Waals surface area contributed by atoms with Gasteiger partial charge in [-0.1, -0.05) is 13.8 Å². The number of ether oxygens (including phenoxy) is 1. The number of carbonyl (C=O) groups is 1. The molecule has 0 amide bonds. The summed E-state index contributed by atoms with van der Waals surface area (Å²) in [5, 5.41) is 3.23. The Hall–Kier alpha value is -0.650. The first-order chi connectivity index (χ1) is 10.1. The van der Waals surface area contributed by atoms with E-state index in [-0.39, 0.29) is 5.97 Å². The summed E-state index contributed by atoms with van der Waals surface area (Å²) in [5.74, 6) is -0.105. The molecule has 0 aromatic rings. The lowest BCUT2D eigenvalue weighted by atomic mass is 9.97. The summed E-state index contributed by atoms with van der Waals surface area (Å²) < 4.78 is 5.01. The second-order valence-corrected chi connectivity index (χ2v) is 6.38. The SMILES string of the molecule is CCN(CC)C1CCN(C2CCC(NC)(C(=O)OC)C2)C1. The molecule has 1 N–H and O–H groups in total. The first kappa shape index (κ1) is 16.7. The Labute approximate surface area is 129 Å². The number of nitrogens with zero attached hydrogens (tertiary/aromatic N) is 2. The zero-order valence-corrected chi connectivity index (χ0v) is 14.0. The van der Waals surface area contributed by atoms with E-state index in [1.807, 2.05) is 7.05 Å². The summed E-state index contributed by atoms with van der Waals surface area (Å²) >= 11 is 0. The van der Waals surface area contributed by atoms with E-state index in [2.05, 4.69) is 29.0 Å². The van der Waals surface area contributed by atoms with Crippen LogP contribution in [-0.4, -0.2) is 73.7 Å². The minimum Gasteiger partial charge on any atom is -0.468 e. The summed E-state index contributed by atoms with van der Waals surface area (Å²) in [6, 6.07) is 1.19. The van der Waals surface area contributed by atoms with Gasteiger partial charge in [0.1, 0.15) is 5.54 Å². The number of likely N-dealkylation sites (tertiary alicyclic amines) is 1. The number of methoxy groups -OCH3 is 1. The van der Waals surface area contributed by atoms with Gasteiger partial charge in [0.15, 0.2) is 0 Å². The second-order valence-electron chi connectivity index (χ2n) is 6.38. The van der Waals surface area contributed by atoms with E-state index in [0.29, 0.717) is 12.1 Å². The number of hydrogen-bond donors (Lipinski definition) is 1. The molecule has 3 atom stereocenters. The lowest BCUT2D eigenvalue weighted by molar-refractivity contribution is -0.148. The van der Waals surface area contributed by atoms with Crippen LogP contribution in [0.15, 0.2) is 0 Å². The lowest BCUT2D eigenvalue weighted by Gasteiger charge is -2.30. The zero-order valence-electron chi connectivity index (χ0n) is 14.0. The highest BCUT2D eigenvalue weighted by Crippen LogP contribution is 2.35. The summed E-state index contributed by atoms with van der Waals surface area (Å²) in [4.78, 5) is 17.2. The molecule has 1 saturated heterocycles. The van der Waals surface area contributed by atoms with Gasteiger partial charge in [0, 0.05) is 25.2 Å². The molecule has 0 aromatic heterocycles. The van der Waals surface area contributed by atoms with E-state index < -0.39 is 5.54 Å². The highest BCUT2D eigenvalue weighted by Gasteiger charge is 2.47. The number of hydrogen-bond acceptors (Lipinski definition) is 5. The van der Waals surface area contributed by atoms with Crippen molar-refractivity contribution < 1.29 is 9.53 Å². The van der Waals surface area contributed by atoms with Crippen LogP contribution in [0.25, 0.3) is 0 Å². The highest BCUT2D eigenvalue weighted by molar-refractivity contribution is 5.81. The van der Waals surface area contributed by atoms with Gasteiger partial charge in [0.05, 0.1) is 7.11 Å². The van der Waals surface area contributed by atoms with Crippen LogP contribution in [0.4, 0.5) is 0 Å². The summed E-state index contributed by atoms with van der Waals surface area (Å²) in [7, 11) is 3.36. The summed E-state index contributed by atoms with van der Waals surface area (Å²) in [6.45, 7) is 9.04. The number of nitrogens with one attached hydrogen (secondary N) is 1. The fourth-order valence-corrected chi connectivity index (χ4v) is 4.18. The maximum atomic E-state index is 12.1. The van der Waals surface area contributed by atoms with Crippen molar-refractivity contribution in [3.8, 4) is 0 Å². The van der Waals surface area contributed by atoms with Crippen LogP contribution in [0.5, 0.6) is 0 Å². The minimum atomic E-state index is -0.466. The largest absolute Gasteiger partial charge is 0.468 e. The van der Waals surface area contributed by atoms with Crippen molar-refractivity contribution in [3.05, 3.63) is 0 Å². The molecule has 2 aliphatic rings. The summed E-state index contributed by atoms with van der Waals surface area (Å²) in [6.07, 6.45) is 4.10. The number of esters is 1. The number of carbonyl (C=O) groups excluding carboxylic acids is 1. The third-order valence-electron chi connectivity index (χ3n) is 5.58. The van der Waals surface area contributed by atoms with Crippen molar-refractivity contribution in [1.29, 1.82) is 0 Å². The normalized spacial score (nSPS) is 33.8. The second kappa shape index (κ2) is 7.07. The molecule has 1 heterocycles. The van der Waals surface area contributed by atoms with Crippen molar-refractivity contribution in [2.24, 2.45) is 0 Å². The van der Waals surface area contributed by atoms with E-state index in [9.17, 15) is 4.79 Å². The maximum absolute atomic E-state index is 12.1. The highest BCUT2D eigenvalue weighted by atomic mass is 16.5. The molecule has 1 aliphatic carbocycles. The molecule has 122 valence electrons. The lowest BCUT2D eigenvalue weighted by Crippen LogP contribution is -2.50. The van der Waals surface area contributed by atoms with Crippen LogP contribution >= 0.6 is 0 Å². The minimum absolute atomic E-state index is 0.105. The average molecular weight is 297 g/mol. The Morgan fingerprint density at radius 1 is 1.38 bits per heavy atom. The molecule has 0 spiro atoms. The van der Waals surface area contributed by atoms with E-state index in [1.54, 1.807) is 0 Å². The van der Waals surface area contributed by atoms with Crippen molar-refractivity contribution in [2.45, 2.75) is 57.2 Å². The molecule has 0 aromatic carbocycles. The van der Waals surface area contributed by atoms with Gasteiger partial charge in [0.2, 0.25) is 0 Å². The Kier molecular flexibility index (Phi) is 5.63. The molecular weight excluding hydrogens is 266 g/mol. The van der Waals surface area contributed by atoms with E-state index in [1.165, 1.54) is 13.5 Å². The molecule has 0 bridgehead atoms. The predicted octanol–water partition coefficient (Wildman–Crippen LogP) is 1.09. The Balaban J connectivity index is 1.95. The molecule has 3 unspecified atom stereocenters. The van der Waals surface area contributed by atoms with Crippen LogP contribution in [0.1, 0.15) is 39.5 Å². The smallest absolute Gasteiger partial charge is 0.326 e. The van der Waals surface area contributed by atoms with Gasteiger partial charge >= 0.3 is 5.97 Å². The molecule has 2 fully saturated rings. The Morgan fingerprint density at radius 3 is 2.67 bits per heavy atom. The molecule has 1 saturated carbocycles. The van der Waals surface area contributed by atoms with Gasteiger partial charge in [-0.3, -0.25) is 14.6 Å². The van der Waals surface area contributed by atoms with Gasteiger partial charge < -0.3 is 10.1 Å². The monoisotopic (exact) mass is 297 g/mol. The number of rotatable bonds is 6. The van der Waals surface area contributed by atoms with Crippen LogP contribution in [0.2, 0.25) is 0 Å². The molecule has 21 heavy (non-hydrogen) atoms. The predicted molar refractivity (Wildman–Crippen MR) is 84.3 cm³/mol. The molecule has 1 aliphatic heterocycles. The van der Waals surface area contributed by atoms with E-state index >= 15 is 0 Å². The van der Waals surface area contributed by atoms with Crippen LogP contribution in [0.3, 0.4) is 0 Å². The fourth-order valence-electron chi connectivity index (χ4n) is 4.18. The van der Waals surface area contributed by atoms with E-state index in [0.717, 1.165) is 45.4 Å². The topological polar surface area (TPSA) is 44.8 Å².